The zero-order valence-electron chi connectivity index (χ0n) is 10.8. The first-order valence-corrected chi connectivity index (χ1v) is 7.14. The van der Waals surface area contributed by atoms with Crippen molar-refractivity contribution in [3.8, 4) is 0 Å². The van der Waals surface area contributed by atoms with Gasteiger partial charge < -0.3 is 15.5 Å². The minimum atomic E-state index is -0.134. The molecule has 0 saturated carbocycles. The van der Waals surface area contributed by atoms with E-state index in [9.17, 15) is 9.59 Å². The molecule has 102 valence electrons. The molecular formula is C13H17N3O2S. The monoisotopic (exact) mass is 279 g/mol. The van der Waals surface area contributed by atoms with Crippen LogP contribution in [0, 0.1) is 0 Å². The van der Waals surface area contributed by atoms with E-state index in [1.54, 1.807) is 4.90 Å². The van der Waals surface area contributed by atoms with E-state index in [2.05, 4.69) is 10.6 Å². The first-order chi connectivity index (χ1) is 9.22. The van der Waals surface area contributed by atoms with Crippen molar-refractivity contribution in [1.29, 1.82) is 0 Å². The number of anilines is 1. The number of para-hydroxylation sites is 1. The largest absolute Gasteiger partial charge is 0.353 e. The number of hydrogen-bond donors (Lipinski definition) is 2. The summed E-state index contributed by atoms with van der Waals surface area (Å²) in [5.74, 6) is 0.235. The molecule has 0 saturated heterocycles. The maximum atomic E-state index is 11.9. The Balaban J connectivity index is 2.03. The molecule has 6 heteroatoms. The maximum absolute atomic E-state index is 11.9. The second-order valence-corrected chi connectivity index (χ2v) is 5.21. The predicted molar refractivity (Wildman–Crippen MR) is 76.5 cm³/mol. The smallest absolute Gasteiger partial charge is 0.240 e. The molecule has 0 radical (unpaired) electrons. The summed E-state index contributed by atoms with van der Waals surface area (Å²) in [6.07, 6.45) is 0. The first kappa shape index (κ1) is 13.9. The van der Waals surface area contributed by atoms with E-state index in [-0.39, 0.29) is 18.4 Å². The molecule has 2 amide bonds. The number of amides is 2. The van der Waals surface area contributed by atoms with Crippen molar-refractivity contribution in [2.24, 2.45) is 0 Å². The van der Waals surface area contributed by atoms with Crippen molar-refractivity contribution in [2.75, 3.05) is 37.3 Å². The summed E-state index contributed by atoms with van der Waals surface area (Å²) < 4.78 is 0. The zero-order valence-corrected chi connectivity index (χ0v) is 11.6. The number of carbonyl (C=O) groups is 2. The van der Waals surface area contributed by atoms with Gasteiger partial charge in [0, 0.05) is 18.0 Å². The average molecular weight is 279 g/mol. The van der Waals surface area contributed by atoms with Gasteiger partial charge in [0.15, 0.2) is 0 Å². The molecule has 2 rings (SSSR count). The molecule has 0 spiro atoms. The van der Waals surface area contributed by atoms with Crippen LogP contribution in [0.3, 0.4) is 0 Å². The molecular weight excluding hydrogens is 262 g/mol. The molecule has 1 aliphatic rings. The van der Waals surface area contributed by atoms with Crippen molar-refractivity contribution in [2.45, 2.75) is 4.90 Å². The Kier molecular flexibility index (Phi) is 4.81. The lowest BCUT2D eigenvalue weighted by atomic mass is 10.2. The molecule has 1 aliphatic heterocycles. The number of carbonyl (C=O) groups excluding carboxylic acids is 2. The van der Waals surface area contributed by atoms with E-state index in [0.717, 1.165) is 10.6 Å². The lowest BCUT2D eigenvalue weighted by molar-refractivity contribution is -0.122. The summed E-state index contributed by atoms with van der Waals surface area (Å²) >= 11 is 1.52. The highest BCUT2D eigenvalue weighted by Crippen LogP contribution is 2.34. The number of likely N-dealkylation sites (N-methyl/N-ethyl adjacent to an activating group) is 1. The highest BCUT2D eigenvalue weighted by Gasteiger charge is 2.25. The van der Waals surface area contributed by atoms with Gasteiger partial charge in [-0.1, -0.05) is 12.1 Å². The van der Waals surface area contributed by atoms with Crippen molar-refractivity contribution < 1.29 is 9.59 Å². The zero-order chi connectivity index (χ0) is 13.7. The topological polar surface area (TPSA) is 61.4 Å². The standard InChI is InChI=1S/C13H17N3O2S/c1-14-6-7-15-12(17)8-16-10-4-2-3-5-11(10)19-9-13(16)18/h2-5,14H,6-9H2,1H3,(H,15,17). The van der Waals surface area contributed by atoms with Gasteiger partial charge in [0.1, 0.15) is 6.54 Å². The van der Waals surface area contributed by atoms with Crippen LogP contribution in [0.5, 0.6) is 0 Å². The number of benzene rings is 1. The van der Waals surface area contributed by atoms with E-state index in [1.165, 1.54) is 11.8 Å². The van der Waals surface area contributed by atoms with E-state index in [0.29, 0.717) is 18.8 Å². The number of nitrogens with one attached hydrogen (secondary N) is 2. The molecule has 0 atom stereocenters. The molecule has 0 unspecified atom stereocenters. The minimum Gasteiger partial charge on any atom is -0.353 e. The van der Waals surface area contributed by atoms with Crippen LogP contribution >= 0.6 is 11.8 Å². The van der Waals surface area contributed by atoms with Gasteiger partial charge in [0.05, 0.1) is 11.4 Å². The number of thioether (sulfide) groups is 1. The second-order valence-electron chi connectivity index (χ2n) is 4.19. The van der Waals surface area contributed by atoms with Gasteiger partial charge >= 0.3 is 0 Å². The lowest BCUT2D eigenvalue weighted by Crippen LogP contribution is -2.44. The molecule has 2 N–H and O–H groups in total. The van der Waals surface area contributed by atoms with Gasteiger partial charge in [-0.15, -0.1) is 11.8 Å². The van der Waals surface area contributed by atoms with E-state index < -0.39 is 0 Å². The summed E-state index contributed by atoms with van der Waals surface area (Å²) in [5, 5.41) is 5.73. The first-order valence-electron chi connectivity index (χ1n) is 6.16. The van der Waals surface area contributed by atoms with Crippen molar-refractivity contribution in [3.05, 3.63) is 24.3 Å². The molecule has 0 fully saturated rings. The fourth-order valence-corrected chi connectivity index (χ4v) is 2.79. The number of nitrogens with zero attached hydrogens (tertiary/aromatic N) is 1. The third kappa shape index (κ3) is 3.48. The SMILES string of the molecule is CNCCNC(=O)CN1C(=O)CSc2ccccc21. The van der Waals surface area contributed by atoms with Gasteiger partial charge in [0.25, 0.3) is 0 Å². The summed E-state index contributed by atoms with van der Waals surface area (Å²) in [6.45, 7) is 1.36. The van der Waals surface area contributed by atoms with E-state index in [4.69, 9.17) is 0 Å². The van der Waals surface area contributed by atoms with Gasteiger partial charge in [-0.05, 0) is 19.2 Å². The van der Waals surface area contributed by atoms with Crippen LogP contribution < -0.4 is 15.5 Å². The molecule has 0 aromatic heterocycles. The van der Waals surface area contributed by atoms with Crippen LogP contribution in [-0.2, 0) is 9.59 Å². The Morgan fingerprint density at radius 2 is 2.16 bits per heavy atom. The van der Waals surface area contributed by atoms with E-state index >= 15 is 0 Å². The van der Waals surface area contributed by atoms with Gasteiger partial charge in [-0.3, -0.25) is 9.59 Å². The predicted octanol–water partition coefficient (Wildman–Crippen LogP) is 0.461. The third-order valence-electron chi connectivity index (χ3n) is 2.81. The highest BCUT2D eigenvalue weighted by molar-refractivity contribution is 8.00. The summed E-state index contributed by atoms with van der Waals surface area (Å²) in [6, 6.07) is 7.66. The normalized spacial score (nSPS) is 14.2. The Bertz CT molecular complexity index is 479. The van der Waals surface area contributed by atoms with Crippen LogP contribution in [0.4, 0.5) is 5.69 Å². The Labute approximate surface area is 116 Å². The van der Waals surface area contributed by atoms with Crippen LogP contribution in [0.15, 0.2) is 29.2 Å². The molecule has 1 aromatic rings. The fraction of sp³-hybridized carbons (Fsp3) is 0.385. The van der Waals surface area contributed by atoms with Crippen LogP contribution in [0.2, 0.25) is 0 Å². The van der Waals surface area contributed by atoms with Gasteiger partial charge in [-0.25, -0.2) is 0 Å². The van der Waals surface area contributed by atoms with Gasteiger partial charge in [0.2, 0.25) is 11.8 Å². The maximum Gasteiger partial charge on any atom is 0.240 e. The fourth-order valence-electron chi connectivity index (χ4n) is 1.85. The quantitative estimate of drug-likeness (QED) is 0.769. The Morgan fingerprint density at radius 1 is 1.37 bits per heavy atom. The molecule has 19 heavy (non-hydrogen) atoms. The lowest BCUT2D eigenvalue weighted by Gasteiger charge is -2.28. The molecule has 0 aliphatic carbocycles. The molecule has 5 nitrogen and oxygen atoms in total. The van der Waals surface area contributed by atoms with Gasteiger partial charge in [-0.2, -0.15) is 0 Å². The molecule has 1 heterocycles. The van der Waals surface area contributed by atoms with Crippen molar-refractivity contribution in [3.63, 3.8) is 0 Å². The highest BCUT2D eigenvalue weighted by atomic mass is 32.2. The number of rotatable bonds is 5. The minimum absolute atomic E-state index is 0.0209. The summed E-state index contributed by atoms with van der Waals surface area (Å²) in [7, 11) is 1.83. The van der Waals surface area contributed by atoms with Crippen LogP contribution in [0.1, 0.15) is 0 Å². The van der Waals surface area contributed by atoms with Crippen LogP contribution in [-0.4, -0.2) is 44.2 Å². The second kappa shape index (κ2) is 6.58. The number of hydrogen-bond acceptors (Lipinski definition) is 4. The Hall–Kier alpha value is -1.53. The van der Waals surface area contributed by atoms with Crippen molar-refractivity contribution in [1.82, 2.24) is 10.6 Å². The van der Waals surface area contributed by atoms with Crippen LogP contribution in [0.25, 0.3) is 0 Å². The Morgan fingerprint density at radius 3 is 2.95 bits per heavy atom. The molecule has 1 aromatic carbocycles. The third-order valence-corrected chi connectivity index (χ3v) is 3.85. The number of fused-ring (bicyclic) bond motifs is 1. The summed E-state index contributed by atoms with van der Waals surface area (Å²) in [4.78, 5) is 26.3. The average Bonchev–Trinajstić information content (AvgIpc) is 2.42. The van der Waals surface area contributed by atoms with Crippen molar-refractivity contribution >= 4 is 29.3 Å². The van der Waals surface area contributed by atoms with E-state index in [1.807, 2.05) is 31.3 Å². The summed E-state index contributed by atoms with van der Waals surface area (Å²) in [5.41, 5.74) is 0.826. The molecule has 0 bridgehead atoms.